The maximum atomic E-state index is 12.7. The quantitative estimate of drug-likeness (QED) is 0.228. The zero-order valence-corrected chi connectivity index (χ0v) is 27.4. The van der Waals surface area contributed by atoms with Gasteiger partial charge in [0.05, 0.1) is 17.9 Å². The molecule has 2 amide bonds. The van der Waals surface area contributed by atoms with E-state index in [1.165, 1.54) is 6.20 Å². The Kier molecular flexibility index (Phi) is 13.0. The lowest BCUT2D eigenvalue weighted by molar-refractivity contribution is -0.107. The molecule has 2 aliphatic rings. The number of hydrogen-bond acceptors (Lipinski definition) is 11. The van der Waals surface area contributed by atoms with E-state index in [0.717, 1.165) is 12.8 Å². The van der Waals surface area contributed by atoms with E-state index in [1.54, 1.807) is 58.2 Å². The number of anilines is 2. The molecule has 1 aromatic carbocycles. The molecule has 4 rings (SSSR count). The molecular weight excluding hydrogens is 564 g/mol. The molecule has 1 saturated heterocycles. The molecule has 242 valence electrons. The van der Waals surface area contributed by atoms with Crippen molar-refractivity contribution >= 4 is 35.9 Å². The van der Waals surface area contributed by atoms with Crippen LogP contribution < -0.4 is 9.80 Å². The molecule has 0 spiro atoms. The summed E-state index contributed by atoms with van der Waals surface area (Å²) < 4.78 is 15.7. The fourth-order valence-electron chi connectivity index (χ4n) is 4.57. The third-order valence-electron chi connectivity index (χ3n) is 6.87. The van der Waals surface area contributed by atoms with Crippen LogP contribution in [-0.2, 0) is 19.0 Å². The Morgan fingerprint density at radius 3 is 2.16 bits per heavy atom. The first-order valence-corrected chi connectivity index (χ1v) is 14.9. The molecule has 2 fully saturated rings. The van der Waals surface area contributed by atoms with Crippen LogP contribution in [-0.4, -0.2) is 76.9 Å². The highest BCUT2D eigenvalue weighted by Crippen LogP contribution is 2.39. The Hall–Kier alpha value is -3.90. The number of aliphatic hydroxyl groups is 1. The summed E-state index contributed by atoms with van der Waals surface area (Å²) >= 11 is 0. The number of methoxy groups -OCH3 is 1. The van der Waals surface area contributed by atoms with E-state index < -0.39 is 17.6 Å². The van der Waals surface area contributed by atoms with Gasteiger partial charge in [0.25, 0.3) is 0 Å². The van der Waals surface area contributed by atoms with Gasteiger partial charge in [-0.25, -0.2) is 14.8 Å². The number of amides is 2. The van der Waals surface area contributed by atoms with E-state index in [2.05, 4.69) is 9.97 Å². The molecule has 1 aliphatic heterocycles. The average Bonchev–Trinajstić information content (AvgIpc) is 3.56. The number of aromatic nitrogens is 2. The smallest absolute Gasteiger partial charge is 0.422 e. The van der Waals surface area contributed by atoms with Crippen LogP contribution in [0.3, 0.4) is 0 Å². The van der Waals surface area contributed by atoms with Crippen molar-refractivity contribution in [3.63, 3.8) is 0 Å². The fraction of sp³-hybridized carbons (Fsp3) is 0.562. The van der Waals surface area contributed by atoms with Crippen molar-refractivity contribution in [1.29, 1.82) is 10.8 Å². The molecular formula is C32H48N6O6. The van der Waals surface area contributed by atoms with Crippen molar-refractivity contribution in [2.75, 3.05) is 30.0 Å². The molecule has 44 heavy (non-hydrogen) atoms. The predicted molar refractivity (Wildman–Crippen MR) is 171 cm³/mol. The molecule has 12 nitrogen and oxygen atoms in total. The van der Waals surface area contributed by atoms with E-state index in [4.69, 9.17) is 25.0 Å². The van der Waals surface area contributed by atoms with Crippen molar-refractivity contribution in [3.8, 4) is 0 Å². The Morgan fingerprint density at radius 2 is 1.64 bits per heavy atom. The molecule has 3 atom stereocenters. The molecule has 1 aromatic heterocycles. The number of benzene rings is 1. The van der Waals surface area contributed by atoms with Gasteiger partial charge in [0, 0.05) is 31.7 Å². The minimum Gasteiger partial charge on any atom is -0.443 e. The van der Waals surface area contributed by atoms with E-state index in [-0.39, 0.29) is 41.4 Å². The van der Waals surface area contributed by atoms with Crippen LogP contribution in [0.2, 0.25) is 0 Å². The van der Waals surface area contributed by atoms with Crippen molar-refractivity contribution in [2.24, 2.45) is 11.8 Å². The van der Waals surface area contributed by atoms with Crippen LogP contribution in [0.15, 0.2) is 36.5 Å². The monoisotopic (exact) mass is 612 g/mol. The normalized spacial score (nSPS) is 19.0. The van der Waals surface area contributed by atoms with Gasteiger partial charge in [-0.2, -0.15) is 4.90 Å². The van der Waals surface area contributed by atoms with Crippen molar-refractivity contribution < 1.29 is 28.9 Å². The van der Waals surface area contributed by atoms with Gasteiger partial charge >= 0.3 is 6.09 Å². The van der Waals surface area contributed by atoms with Gasteiger partial charge in [-0.15, -0.1) is 0 Å². The molecule has 2 heterocycles. The first-order valence-electron chi connectivity index (χ1n) is 14.9. The highest BCUT2D eigenvalue weighted by Gasteiger charge is 2.42. The number of nitrogens with one attached hydrogen (secondary N) is 2. The Morgan fingerprint density at radius 1 is 1.02 bits per heavy atom. The highest BCUT2D eigenvalue weighted by atomic mass is 16.6. The van der Waals surface area contributed by atoms with Gasteiger partial charge in [-0.1, -0.05) is 32.0 Å². The molecule has 2 aromatic rings. The third-order valence-corrected chi connectivity index (χ3v) is 6.87. The number of ether oxygens (including phenoxy) is 3. The lowest BCUT2D eigenvalue weighted by atomic mass is 10.00. The number of aliphatic hydroxyl groups excluding tert-OH is 1. The predicted octanol–water partition coefficient (Wildman–Crippen LogP) is 5.41. The number of carbonyl (C=O) groups is 2. The topological polar surface area (TPSA) is 162 Å². The Balaban J connectivity index is 0.000000755. The Bertz CT molecular complexity index is 1270. The number of imide groups is 1. The summed E-state index contributed by atoms with van der Waals surface area (Å²) in [5.74, 6) is -0.209. The lowest BCUT2D eigenvalue weighted by Crippen LogP contribution is -2.38. The number of hydrogen-bond donors (Lipinski definition) is 3. The lowest BCUT2D eigenvalue weighted by Gasteiger charge is -2.25. The standard InChI is InChI=1S/C25H30N6O5.C5H12O.C2H6/c1-25(2,3)36-24(34)31(14-32)23-20(22(27)35-21(26)15-7-5-4-6-8-15)29-19(11-28-23)30-12-16-9-10-18(33)17(16)13-30;1-5(2,3)6-4;1-2/h4-8,11,14,16-18,26-27,33H,9-10,12-13H2,1-3H3;1-4H3;1-2H3. The van der Waals surface area contributed by atoms with Gasteiger partial charge in [-0.05, 0) is 72.4 Å². The van der Waals surface area contributed by atoms with Gasteiger partial charge in [0.15, 0.2) is 11.5 Å². The maximum Gasteiger partial charge on any atom is 0.422 e. The molecule has 0 bridgehead atoms. The number of carbonyl (C=O) groups excluding carboxylic acids is 2. The zero-order chi connectivity index (χ0) is 33.2. The number of fused-ring (bicyclic) bond motifs is 1. The molecule has 1 aliphatic carbocycles. The van der Waals surface area contributed by atoms with E-state index >= 15 is 0 Å². The summed E-state index contributed by atoms with van der Waals surface area (Å²) in [5.41, 5.74) is -0.586. The van der Waals surface area contributed by atoms with Crippen LogP contribution >= 0.6 is 0 Å². The molecule has 3 N–H and O–H groups in total. The average molecular weight is 613 g/mol. The van der Waals surface area contributed by atoms with E-state index in [9.17, 15) is 14.7 Å². The van der Waals surface area contributed by atoms with Crippen LogP contribution in [0.5, 0.6) is 0 Å². The molecule has 3 unspecified atom stereocenters. The number of rotatable bonds is 5. The highest BCUT2D eigenvalue weighted by molar-refractivity contribution is 6.10. The second-order valence-corrected chi connectivity index (χ2v) is 12.3. The van der Waals surface area contributed by atoms with Crippen molar-refractivity contribution in [3.05, 3.63) is 47.8 Å². The summed E-state index contributed by atoms with van der Waals surface area (Å²) in [6, 6.07) is 8.58. The minimum absolute atomic E-state index is 0.0417. The second-order valence-electron chi connectivity index (χ2n) is 12.3. The fourth-order valence-corrected chi connectivity index (χ4v) is 4.57. The first kappa shape index (κ1) is 36.3. The van der Waals surface area contributed by atoms with Crippen molar-refractivity contribution in [1.82, 2.24) is 9.97 Å². The SMILES string of the molecule is CC.CC(C)(C)OC(=O)N(C=O)c1ncc(N2CC3CCC(O)C3C2)nc1C(=N)OC(=N)c1ccccc1.COC(C)(C)C. The largest absolute Gasteiger partial charge is 0.443 e. The zero-order valence-electron chi connectivity index (χ0n) is 27.4. The minimum atomic E-state index is -0.981. The third kappa shape index (κ3) is 10.1. The number of nitrogens with zero attached hydrogens (tertiary/aromatic N) is 4. The maximum absolute atomic E-state index is 12.7. The summed E-state index contributed by atoms with van der Waals surface area (Å²) in [7, 11) is 1.71. The summed E-state index contributed by atoms with van der Waals surface area (Å²) in [6.45, 7) is 16.3. The summed E-state index contributed by atoms with van der Waals surface area (Å²) in [6.07, 6.45) is 2.02. The first-order chi connectivity index (χ1) is 20.6. The van der Waals surface area contributed by atoms with E-state index in [0.29, 0.717) is 35.3 Å². The van der Waals surface area contributed by atoms with Gasteiger partial charge in [0.2, 0.25) is 18.2 Å². The summed E-state index contributed by atoms with van der Waals surface area (Å²) in [5, 5.41) is 27.1. The molecule has 0 radical (unpaired) electrons. The van der Waals surface area contributed by atoms with Crippen molar-refractivity contribution in [2.45, 2.75) is 85.5 Å². The van der Waals surface area contributed by atoms with E-state index in [1.807, 2.05) is 39.5 Å². The van der Waals surface area contributed by atoms with Crippen LogP contribution in [0.25, 0.3) is 0 Å². The van der Waals surface area contributed by atoms with Crippen LogP contribution in [0, 0.1) is 22.7 Å². The van der Waals surface area contributed by atoms with Gasteiger partial charge in [0.1, 0.15) is 11.4 Å². The van der Waals surface area contributed by atoms with Crippen LogP contribution in [0.1, 0.15) is 79.5 Å². The molecule has 12 heteroatoms. The molecule has 1 saturated carbocycles. The Labute approximate surface area is 260 Å². The summed E-state index contributed by atoms with van der Waals surface area (Å²) in [4.78, 5) is 36.1. The van der Waals surface area contributed by atoms with Gasteiger partial charge in [-0.3, -0.25) is 15.6 Å². The second kappa shape index (κ2) is 15.7. The van der Waals surface area contributed by atoms with Crippen LogP contribution in [0.4, 0.5) is 16.4 Å². The van der Waals surface area contributed by atoms with Gasteiger partial charge < -0.3 is 24.2 Å².